The van der Waals surface area contributed by atoms with E-state index < -0.39 is 0 Å². The zero-order valence-electron chi connectivity index (χ0n) is 11.5. The zero-order chi connectivity index (χ0) is 12.2. The molecule has 2 heteroatoms. The maximum Gasteiger partial charge on any atom is 0.0695 e. The van der Waals surface area contributed by atoms with Crippen molar-refractivity contribution < 1.29 is 5.11 Å². The van der Waals surface area contributed by atoms with Gasteiger partial charge in [0.25, 0.3) is 0 Å². The van der Waals surface area contributed by atoms with Crippen LogP contribution < -0.4 is 0 Å². The number of aliphatic hydroxyl groups is 1. The van der Waals surface area contributed by atoms with Gasteiger partial charge in [0.15, 0.2) is 0 Å². The van der Waals surface area contributed by atoms with Crippen molar-refractivity contribution in [2.45, 2.75) is 71.9 Å². The second kappa shape index (κ2) is 6.02. The SMILES string of the molecule is CCCC(O)C(CC)N1CCCC(C)(C)C1. The third-order valence-electron chi connectivity index (χ3n) is 3.85. The molecule has 0 aliphatic carbocycles. The van der Waals surface area contributed by atoms with E-state index in [-0.39, 0.29) is 6.10 Å². The first-order chi connectivity index (χ1) is 7.50. The highest BCUT2D eigenvalue weighted by Crippen LogP contribution is 2.31. The molecule has 0 aromatic heterocycles. The Morgan fingerprint density at radius 2 is 2.00 bits per heavy atom. The predicted molar refractivity (Wildman–Crippen MR) is 69.6 cm³/mol. The van der Waals surface area contributed by atoms with Crippen molar-refractivity contribution in [3.63, 3.8) is 0 Å². The van der Waals surface area contributed by atoms with Gasteiger partial charge in [0, 0.05) is 12.6 Å². The second-order valence-corrected chi connectivity index (χ2v) is 6.07. The largest absolute Gasteiger partial charge is 0.391 e. The molecule has 0 bridgehead atoms. The maximum atomic E-state index is 10.2. The quantitative estimate of drug-likeness (QED) is 0.780. The normalized spacial score (nSPS) is 25.3. The van der Waals surface area contributed by atoms with Crippen molar-refractivity contribution in [2.24, 2.45) is 5.41 Å². The van der Waals surface area contributed by atoms with Gasteiger partial charge in [0.2, 0.25) is 0 Å². The highest BCUT2D eigenvalue weighted by atomic mass is 16.3. The standard InChI is InChI=1S/C14H29NO/c1-5-8-13(16)12(6-2)15-10-7-9-14(3,4)11-15/h12-13,16H,5-11H2,1-4H3. The van der Waals surface area contributed by atoms with E-state index in [0.717, 1.165) is 25.8 Å². The molecule has 2 atom stereocenters. The summed E-state index contributed by atoms with van der Waals surface area (Å²) in [7, 11) is 0. The molecule has 1 saturated heterocycles. The Bertz CT molecular complexity index is 203. The molecular formula is C14H29NO. The van der Waals surface area contributed by atoms with Gasteiger partial charge in [-0.3, -0.25) is 4.90 Å². The van der Waals surface area contributed by atoms with E-state index in [4.69, 9.17) is 0 Å². The average molecular weight is 227 g/mol. The van der Waals surface area contributed by atoms with Crippen molar-refractivity contribution >= 4 is 0 Å². The Balaban J connectivity index is 2.58. The molecule has 1 aliphatic heterocycles. The molecule has 0 aromatic rings. The molecule has 0 aromatic carbocycles. The van der Waals surface area contributed by atoms with Crippen LogP contribution in [-0.2, 0) is 0 Å². The molecule has 1 fully saturated rings. The van der Waals surface area contributed by atoms with Crippen LogP contribution in [0.4, 0.5) is 0 Å². The number of rotatable bonds is 5. The molecule has 0 spiro atoms. The summed E-state index contributed by atoms with van der Waals surface area (Å²) in [4.78, 5) is 2.52. The molecule has 0 saturated carbocycles. The van der Waals surface area contributed by atoms with Crippen molar-refractivity contribution in [1.29, 1.82) is 0 Å². The summed E-state index contributed by atoms with van der Waals surface area (Å²) < 4.78 is 0. The van der Waals surface area contributed by atoms with Crippen molar-refractivity contribution in [3.8, 4) is 0 Å². The van der Waals surface area contributed by atoms with Gasteiger partial charge in [0.1, 0.15) is 0 Å². The second-order valence-electron chi connectivity index (χ2n) is 6.07. The van der Waals surface area contributed by atoms with Gasteiger partial charge < -0.3 is 5.11 Å². The first-order valence-corrected chi connectivity index (χ1v) is 6.92. The third kappa shape index (κ3) is 3.74. The number of aliphatic hydroxyl groups excluding tert-OH is 1. The molecule has 1 aliphatic rings. The van der Waals surface area contributed by atoms with Gasteiger partial charge in [0.05, 0.1) is 6.10 Å². The average Bonchev–Trinajstić information content (AvgIpc) is 2.17. The molecule has 0 amide bonds. The first kappa shape index (κ1) is 14.0. The van der Waals surface area contributed by atoms with Crippen molar-refractivity contribution in [2.75, 3.05) is 13.1 Å². The summed E-state index contributed by atoms with van der Waals surface area (Å²) in [6, 6.07) is 0.375. The van der Waals surface area contributed by atoms with Gasteiger partial charge in [-0.2, -0.15) is 0 Å². The molecule has 2 unspecified atom stereocenters. The number of nitrogens with zero attached hydrogens (tertiary/aromatic N) is 1. The Morgan fingerprint density at radius 1 is 1.31 bits per heavy atom. The predicted octanol–water partition coefficient (Wildman–Crippen LogP) is 3.05. The Morgan fingerprint density at radius 3 is 2.50 bits per heavy atom. The lowest BCUT2D eigenvalue weighted by molar-refractivity contribution is 0.00109. The lowest BCUT2D eigenvalue weighted by Gasteiger charge is -2.43. The molecule has 0 radical (unpaired) electrons. The van der Waals surface area contributed by atoms with E-state index >= 15 is 0 Å². The first-order valence-electron chi connectivity index (χ1n) is 6.92. The van der Waals surface area contributed by atoms with Gasteiger partial charge in [-0.25, -0.2) is 0 Å². The smallest absolute Gasteiger partial charge is 0.0695 e. The van der Waals surface area contributed by atoms with Crippen LogP contribution in [0.1, 0.15) is 59.8 Å². The van der Waals surface area contributed by atoms with E-state index in [1.54, 1.807) is 0 Å². The summed E-state index contributed by atoms with van der Waals surface area (Å²) in [5.74, 6) is 0. The van der Waals surface area contributed by atoms with Crippen LogP contribution in [0.2, 0.25) is 0 Å². The minimum absolute atomic E-state index is 0.135. The molecular weight excluding hydrogens is 198 g/mol. The Hall–Kier alpha value is -0.0800. The Labute approximate surface area is 101 Å². The highest BCUT2D eigenvalue weighted by molar-refractivity contribution is 4.86. The van der Waals surface area contributed by atoms with E-state index in [1.807, 2.05) is 0 Å². The monoisotopic (exact) mass is 227 g/mol. The van der Waals surface area contributed by atoms with Crippen LogP contribution in [0.25, 0.3) is 0 Å². The number of likely N-dealkylation sites (tertiary alicyclic amines) is 1. The van der Waals surface area contributed by atoms with Crippen LogP contribution in [0, 0.1) is 5.41 Å². The van der Waals surface area contributed by atoms with Gasteiger partial charge in [-0.1, -0.05) is 34.1 Å². The van der Waals surface area contributed by atoms with Crippen LogP contribution in [0.15, 0.2) is 0 Å². The summed E-state index contributed by atoms with van der Waals surface area (Å²) in [5, 5.41) is 10.2. The molecule has 1 N–H and O–H groups in total. The molecule has 16 heavy (non-hydrogen) atoms. The number of piperidine rings is 1. The van der Waals surface area contributed by atoms with E-state index in [9.17, 15) is 5.11 Å². The van der Waals surface area contributed by atoms with Gasteiger partial charge in [-0.05, 0) is 37.6 Å². The fourth-order valence-corrected chi connectivity index (χ4v) is 3.01. The summed E-state index contributed by atoms with van der Waals surface area (Å²) >= 11 is 0. The van der Waals surface area contributed by atoms with E-state index in [0.29, 0.717) is 11.5 Å². The lowest BCUT2D eigenvalue weighted by atomic mass is 9.83. The number of hydrogen-bond acceptors (Lipinski definition) is 2. The van der Waals surface area contributed by atoms with Crippen LogP contribution >= 0.6 is 0 Å². The Kier molecular flexibility index (Phi) is 5.26. The summed E-state index contributed by atoms with van der Waals surface area (Å²) in [5.41, 5.74) is 0.428. The van der Waals surface area contributed by atoms with Gasteiger partial charge >= 0.3 is 0 Å². The zero-order valence-corrected chi connectivity index (χ0v) is 11.5. The van der Waals surface area contributed by atoms with Crippen molar-refractivity contribution in [3.05, 3.63) is 0 Å². The fraction of sp³-hybridized carbons (Fsp3) is 1.00. The number of hydrogen-bond donors (Lipinski definition) is 1. The minimum Gasteiger partial charge on any atom is -0.391 e. The molecule has 96 valence electrons. The van der Waals surface area contributed by atoms with Crippen LogP contribution in [0.5, 0.6) is 0 Å². The maximum absolute atomic E-state index is 10.2. The minimum atomic E-state index is -0.135. The molecule has 1 heterocycles. The topological polar surface area (TPSA) is 23.5 Å². The van der Waals surface area contributed by atoms with Crippen molar-refractivity contribution in [1.82, 2.24) is 4.90 Å². The van der Waals surface area contributed by atoms with Crippen LogP contribution in [0.3, 0.4) is 0 Å². The third-order valence-corrected chi connectivity index (χ3v) is 3.85. The fourth-order valence-electron chi connectivity index (χ4n) is 3.01. The summed E-state index contributed by atoms with van der Waals surface area (Å²) in [6.45, 7) is 11.4. The van der Waals surface area contributed by atoms with E-state index in [2.05, 4.69) is 32.6 Å². The van der Waals surface area contributed by atoms with E-state index in [1.165, 1.54) is 19.4 Å². The highest BCUT2D eigenvalue weighted by Gasteiger charge is 2.32. The molecule has 1 rings (SSSR count). The van der Waals surface area contributed by atoms with Crippen LogP contribution in [-0.4, -0.2) is 35.2 Å². The van der Waals surface area contributed by atoms with Gasteiger partial charge in [-0.15, -0.1) is 0 Å². The molecule has 2 nitrogen and oxygen atoms in total. The lowest BCUT2D eigenvalue weighted by Crippen LogP contribution is -2.50. The summed E-state index contributed by atoms with van der Waals surface area (Å²) in [6.07, 6.45) is 5.55.